The molecule has 1 N–H and O–H groups in total. The van der Waals surface area contributed by atoms with E-state index in [0.717, 1.165) is 58.2 Å². The molecule has 3 rings (SSSR count). The summed E-state index contributed by atoms with van der Waals surface area (Å²) in [6.07, 6.45) is 6.21. The van der Waals surface area contributed by atoms with Gasteiger partial charge in [-0.25, -0.2) is 0 Å². The van der Waals surface area contributed by atoms with Crippen LogP contribution in [-0.4, -0.2) is 42.6 Å². The molecule has 0 aromatic heterocycles. The summed E-state index contributed by atoms with van der Waals surface area (Å²) in [6, 6.07) is 0. The quantitative estimate of drug-likeness (QED) is 0.850. The van der Waals surface area contributed by atoms with E-state index in [-0.39, 0.29) is 16.9 Å². The Labute approximate surface area is 126 Å². The van der Waals surface area contributed by atoms with Gasteiger partial charge in [-0.15, -0.1) is 0 Å². The molecule has 0 bridgehead atoms. The van der Waals surface area contributed by atoms with E-state index < -0.39 is 0 Å². The summed E-state index contributed by atoms with van der Waals surface area (Å²) in [5.74, 6) is 3.17. The third kappa shape index (κ3) is 2.93. The van der Waals surface area contributed by atoms with Gasteiger partial charge >= 0.3 is 0 Å². The number of carbonyl (C=O) groups is 1. The molecule has 3 aliphatic heterocycles. The van der Waals surface area contributed by atoms with Crippen molar-refractivity contribution in [3.63, 3.8) is 0 Å². The van der Waals surface area contributed by atoms with Gasteiger partial charge in [-0.05, 0) is 63.1 Å². The molecule has 0 aliphatic carbocycles. The average Bonchev–Trinajstić information content (AvgIpc) is 2.48. The van der Waals surface area contributed by atoms with Gasteiger partial charge in [0, 0.05) is 17.9 Å². The lowest BCUT2D eigenvalue weighted by Gasteiger charge is -2.45. The number of ether oxygens (including phenoxy) is 1. The van der Waals surface area contributed by atoms with Crippen LogP contribution >= 0.6 is 11.8 Å². The standard InChI is InChI=1S/C16H27NO2S/c1-15(3-7-17-8-4-15)14(18)13-2-9-19-16(12-13)5-10-20-11-6-16/h13,17H,2-12H2,1H3. The van der Waals surface area contributed by atoms with E-state index in [1.165, 1.54) is 11.5 Å². The Kier molecular flexibility index (Phi) is 4.44. The van der Waals surface area contributed by atoms with Crippen LogP contribution in [0.15, 0.2) is 0 Å². The van der Waals surface area contributed by atoms with E-state index >= 15 is 0 Å². The molecule has 3 aliphatic rings. The van der Waals surface area contributed by atoms with Crippen LogP contribution in [0.5, 0.6) is 0 Å². The maximum absolute atomic E-state index is 13.0. The van der Waals surface area contributed by atoms with Crippen molar-refractivity contribution >= 4 is 17.5 Å². The molecule has 4 heteroatoms. The van der Waals surface area contributed by atoms with Crippen molar-refractivity contribution in [3.8, 4) is 0 Å². The second-order valence-corrected chi connectivity index (χ2v) is 8.23. The Hall–Kier alpha value is -0.0600. The van der Waals surface area contributed by atoms with Gasteiger partial charge in [0.1, 0.15) is 5.78 Å². The van der Waals surface area contributed by atoms with Gasteiger partial charge in [-0.2, -0.15) is 11.8 Å². The van der Waals surface area contributed by atoms with Crippen molar-refractivity contribution in [2.75, 3.05) is 31.2 Å². The SMILES string of the molecule is CC1(C(=O)C2CCOC3(CCSCC3)C2)CCNCC1. The van der Waals surface area contributed by atoms with Crippen LogP contribution in [0.25, 0.3) is 0 Å². The van der Waals surface area contributed by atoms with Crippen LogP contribution in [0.1, 0.15) is 45.4 Å². The van der Waals surface area contributed by atoms with Crippen molar-refractivity contribution in [2.24, 2.45) is 11.3 Å². The van der Waals surface area contributed by atoms with Crippen molar-refractivity contribution in [1.29, 1.82) is 0 Å². The largest absolute Gasteiger partial charge is 0.375 e. The number of hydrogen-bond acceptors (Lipinski definition) is 4. The molecule has 20 heavy (non-hydrogen) atoms. The van der Waals surface area contributed by atoms with E-state index in [4.69, 9.17) is 4.74 Å². The summed E-state index contributed by atoms with van der Waals surface area (Å²) in [5, 5.41) is 3.37. The molecule has 0 aromatic rings. The fourth-order valence-corrected chi connectivity index (χ4v) is 5.30. The minimum Gasteiger partial charge on any atom is -0.375 e. The van der Waals surface area contributed by atoms with Crippen molar-refractivity contribution in [3.05, 3.63) is 0 Å². The predicted octanol–water partition coefficient (Wildman–Crippen LogP) is 2.64. The zero-order chi connectivity index (χ0) is 14.1. The minimum absolute atomic E-state index is 0.0348. The first-order valence-electron chi connectivity index (χ1n) is 8.10. The highest BCUT2D eigenvalue weighted by molar-refractivity contribution is 7.99. The molecule has 114 valence electrons. The summed E-state index contributed by atoms with van der Waals surface area (Å²) in [4.78, 5) is 13.0. The van der Waals surface area contributed by atoms with E-state index in [2.05, 4.69) is 12.2 Å². The lowest BCUT2D eigenvalue weighted by atomic mass is 9.68. The summed E-state index contributed by atoms with van der Waals surface area (Å²) < 4.78 is 6.13. The molecule has 3 nitrogen and oxygen atoms in total. The second-order valence-electron chi connectivity index (χ2n) is 7.01. The van der Waals surface area contributed by atoms with Crippen LogP contribution < -0.4 is 5.32 Å². The van der Waals surface area contributed by atoms with Crippen LogP contribution in [-0.2, 0) is 9.53 Å². The second kappa shape index (κ2) is 5.98. The number of Topliss-reactive ketones (excluding diaryl/α,β-unsaturated/α-hetero) is 1. The fourth-order valence-electron chi connectivity index (χ4n) is 4.06. The summed E-state index contributed by atoms with van der Waals surface area (Å²) in [5.41, 5.74) is -0.0506. The molecular formula is C16H27NO2S. The lowest BCUT2D eigenvalue weighted by Crippen LogP contribution is -2.49. The Morgan fingerprint density at radius 2 is 1.90 bits per heavy atom. The van der Waals surface area contributed by atoms with Gasteiger partial charge in [0.2, 0.25) is 0 Å². The Balaban J connectivity index is 1.68. The number of rotatable bonds is 2. The molecule has 3 heterocycles. The first-order chi connectivity index (χ1) is 9.64. The van der Waals surface area contributed by atoms with Crippen LogP contribution in [0, 0.1) is 11.3 Å². The van der Waals surface area contributed by atoms with Gasteiger partial charge < -0.3 is 10.1 Å². The van der Waals surface area contributed by atoms with Gasteiger partial charge in [-0.1, -0.05) is 6.92 Å². The normalized spacial score (nSPS) is 33.0. The Bertz CT molecular complexity index is 354. The summed E-state index contributed by atoms with van der Waals surface area (Å²) in [6.45, 7) is 4.96. The number of piperidine rings is 1. The zero-order valence-electron chi connectivity index (χ0n) is 12.6. The molecule has 0 amide bonds. The zero-order valence-corrected chi connectivity index (χ0v) is 13.4. The fraction of sp³-hybridized carbons (Fsp3) is 0.938. The molecule has 1 atom stereocenters. The van der Waals surface area contributed by atoms with Crippen LogP contribution in [0.4, 0.5) is 0 Å². The van der Waals surface area contributed by atoms with Crippen molar-refractivity contribution < 1.29 is 9.53 Å². The number of thioether (sulfide) groups is 1. The highest BCUT2D eigenvalue weighted by Crippen LogP contribution is 2.43. The lowest BCUT2D eigenvalue weighted by molar-refractivity contribution is -0.147. The van der Waals surface area contributed by atoms with Gasteiger partial charge in [0.25, 0.3) is 0 Å². The molecule has 0 aromatic carbocycles. The maximum atomic E-state index is 13.0. The molecule has 0 saturated carbocycles. The topological polar surface area (TPSA) is 38.3 Å². The number of nitrogens with one attached hydrogen (secondary N) is 1. The number of ketones is 1. The van der Waals surface area contributed by atoms with Crippen molar-refractivity contribution in [2.45, 2.75) is 51.0 Å². The Morgan fingerprint density at radius 1 is 1.20 bits per heavy atom. The number of carbonyl (C=O) groups excluding carboxylic acids is 1. The molecule has 1 unspecified atom stereocenters. The van der Waals surface area contributed by atoms with Crippen LogP contribution in [0.2, 0.25) is 0 Å². The van der Waals surface area contributed by atoms with E-state index in [1.54, 1.807) is 0 Å². The van der Waals surface area contributed by atoms with Crippen molar-refractivity contribution in [1.82, 2.24) is 5.32 Å². The highest BCUT2D eigenvalue weighted by atomic mass is 32.2. The van der Waals surface area contributed by atoms with Crippen LogP contribution in [0.3, 0.4) is 0 Å². The van der Waals surface area contributed by atoms with E-state index in [1.807, 2.05) is 11.8 Å². The summed E-state index contributed by atoms with van der Waals surface area (Å²) in [7, 11) is 0. The van der Waals surface area contributed by atoms with Gasteiger partial charge in [0.05, 0.1) is 5.60 Å². The summed E-state index contributed by atoms with van der Waals surface area (Å²) >= 11 is 2.03. The number of hydrogen-bond donors (Lipinski definition) is 1. The highest BCUT2D eigenvalue weighted by Gasteiger charge is 2.45. The monoisotopic (exact) mass is 297 g/mol. The first kappa shape index (κ1) is 14.9. The van der Waals surface area contributed by atoms with Gasteiger partial charge in [0.15, 0.2) is 0 Å². The molecule has 1 spiro atoms. The molecule has 3 saturated heterocycles. The maximum Gasteiger partial charge on any atom is 0.142 e. The third-order valence-corrected chi connectivity index (χ3v) is 6.56. The minimum atomic E-state index is -0.0855. The predicted molar refractivity (Wildman–Crippen MR) is 83.2 cm³/mol. The Morgan fingerprint density at radius 3 is 2.60 bits per heavy atom. The molecule has 3 fully saturated rings. The average molecular weight is 297 g/mol. The smallest absolute Gasteiger partial charge is 0.142 e. The third-order valence-electron chi connectivity index (χ3n) is 5.57. The molecular weight excluding hydrogens is 270 g/mol. The van der Waals surface area contributed by atoms with E-state index in [9.17, 15) is 4.79 Å². The first-order valence-corrected chi connectivity index (χ1v) is 9.26. The molecule has 0 radical (unpaired) electrons. The van der Waals surface area contributed by atoms with Gasteiger partial charge in [-0.3, -0.25) is 4.79 Å². The van der Waals surface area contributed by atoms with E-state index in [0.29, 0.717) is 5.78 Å².